The molecule has 1 rings (SSSR count). The fourth-order valence-corrected chi connectivity index (χ4v) is 1.86. The van der Waals surface area contributed by atoms with Crippen LogP contribution in [-0.2, 0) is 11.2 Å². The maximum Gasteiger partial charge on any atom is 0.149 e. The first-order valence-electron chi connectivity index (χ1n) is 6.05. The molecule has 0 aliphatic rings. The first-order chi connectivity index (χ1) is 8.63. The topological polar surface area (TPSA) is 38.5 Å². The molecule has 102 valence electrons. The molecule has 0 amide bonds. The lowest BCUT2D eigenvalue weighted by Crippen LogP contribution is -2.28. The molecule has 0 unspecified atom stereocenters. The SMILES string of the molecule is CCN(CCOC)c1c(F)cc(CCN)cc1F. The van der Waals surface area contributed by atoms with Crippen LogP contribution in [0.1, 0.15) is 12.5 Å². The molecule has 1 aromatic rings. The van der Waals surface area contributed by atoms with Crippen LogP contribution in [0.3, 0.4) is 0 Å². The Labute approximate surface area is 107 Å². The molecule has 0 aromatic heterocycles. The predicted molar refractivity (Wildman–Crippen MR) is 68.9 cm³/mol. The summed E-state index contributed by atoms with van der Waals surface area (Å²) < 4.78 is 32.8. The Hall–Kier alpha value is -1.20. The fourth-order valence-electron chi connectivity index (χ4n) is 1.86. The summed E-state index contributed by atoms with van der Waals surface area (Å²) in [5, 5.41) is 0. The van der Waals surface area contributed by atoms with Crippen molar-refractivity contribution in [3.05, 3.63) is 29.3 Å². The highest BCUT2D eigenvalue weighted by molar-refractivity contribution is 5.50. The molecule has 1 aromatic carbocycles. The van der Waals surface area contributed by atoms with Gasteiger partial charge in [0.15, 0.2) is 0 Å². The van der Waals surface area contributed by atoms with Crippen molar-refractivity contribution in [2.45, 2.75) is 13.3 Å². The highest BCUT2D eigenvalue weighted by atomic mass is 19.1. The third kappa shape index (κ3) is 3.65. The zero-order chi connectivity index (χ0) is 13.5. The van der Waals surface area contributed by atoms with Gasteiger partial charge in [-0.1, -0.05) is 0 Å². The minimum absolute atomic E-state index is 0.00956. The van der Waals surface area contributed by atoms with Crippen molar-refractivity contribution in [3.63, 3.8) is 0 Å². The van der Waals surface area contributed by atoms with E-state index in [1.807, 2.05) is 6.92 Å². The van der Waals surface area contributed by atoms with Gasteiger partial charge in [-0.05, 0) is 37.6 Å². The summed E-state index contributed by atoms with van der Waals surface area (Å²) >= 11 is 0. The zero-order valence-corrected chi connectivity index (χ0v) is 10.9. The number of nitrogens with zero attached hydrogens (tertiary/aromatic N) is 1. The Kier molecular flexibility index (Phi) is 6.01. The van der Waals surface area contributed by atoms with Crippen LogP contribution in [0, 0.1) is 11.6 Å². The third-order valence-electron chi connectivity index (χ3n) is 2.77. The molecule has 0 aliphatic carbocycles. The quantitative estimate of drug-likeness (QED) is 0.812. The third-order valence-corrected chi connectivity index (χ3v) is 2.77. The van der Waals surface area contributed by atoms with Gasteiger partial charge in [0, 0.05) is 20.2 Å². The van der Waals surface area contributed by atoms with Gasteiger partial charge in [0.05, 0.1) is 6.61 Å². The molecule has 2 N–H and O–H groups in total. The van der Waals surface area contributed by atoms with Gasteiger partial charge in [-0.2, -0.15) is 0 Å². The van der Waals surface area contributed by atoms with Crippen LogP contribution in [0.4, 0.5) is 14.5 Å². The Balaban J connectivity index is 2.99. The number of halogens is 2. The molecule has 0 atom stereocenters. The maximum atomic E-state index is 13.9. The van der Waals surface area contributed by atoms with Crippen LogP contribution in [0.5, 0.6) is 0 Å². The molecule has 0 aliphatic heterocycles. The number of anilines is 1. The first-order valence-corrected chi connectivity index (χ1v) is 6.05. The molecule has 5 heteroatoms. The van der Waals surface area contributed by atoms with E-state index in [0.29, 0.717) is 38.2 Å². The first kappa shape index (κ1) is 14.9. The van der Waals surface area contributed by atoms with Gasteiger partial charge in [0.2, 0.25) is 0 Å². The van der Waals surface area contributed by atoms with Gasteiger partial charge in [0.1, 0.15) is 17.3 Å². The second-order valence-corrected chi connectivity index (χ2v) is 4.02. The van der Waals surface area contributed by atoms with Gasteiger partial charge in [-0.3, -0.25) is 0 Å². The smallest absolute Gasteiger partial charge is 0.149 e. The molecule has 18 heavy (non-hydrogen) atoms. The summed E-state index contributed by atoms with van der Waals surface area (Å²) in [4.78, 5) is 1.63. The highest BCUT2D eigenvalue weighted by Crippen LogP contribution is 2.25. The van der Waals surface area contributed by atoms with E-state index in [9.17, 15) is 8.78 Å². The van der Waals surface area contributed by atoms with E-state index < -0.39 is 11.6 Å². The molecular formula is C13H20F2N2O. The van der Waals surface area contributed by atoms with Crippen molar-refractivity contribution in [3.8, 4) is 0 Å². The maximum absolute atomic E-state index is 13.9. The monoisotopic (exact) mass is 258 g/mol. The van der Waals surface area contributed by atoms with Gasteiger partial charge in [0.25, 0.3) is 0 Å². The molecule has 0 heterocycles. The lowest BCUT2D eigenvalue weighted by Gasteiger charge is -2.24. The molecule has 3 nitrogen and oxygen atoms in total. The minimum atomic E-state index is -0.545. The van der Waals surface area contributed by atoms with Gasteiger partial charge >= 0.3 is 0 Å². The summed E-state index contributed by atoms with van der Waals surface area (Å²) in [6, 6.07) is 2.70. The Bertz CT molecular complexity index is 362. The van der Waals surface area contributed by atoms with E-state index in [-0.39, 0.29) is 5.69 Å². The molecule has 0 radical (unpaired) electrons. The van der Waals surface area contributed by atoms with Gasteiger partial charge in [-0.15, -0.1) is 0 Å². The Morgan fingerprint density at radius 2 is 1.89 bits per heavy atom. The van der Waals surface area contributed by atoms with Crippen molar-refractivity contribution in [1.82, 2.24) is 0 Å². The standard InChI is InChI=1S/C13H20F2N2O/c1-3-17(6-7-18-2)13-11(14)8-10(4-5-16)9-12(13)15/h8-9H,3-7,16H2,1-2H3. The summed E-state index contributed by atoms with van der Waals surface area (Å²) in [6.45, 7) is 3.63. The highest BCUT2D eigenvalue weighted by Gasteiger charge is 2.16. The molecule has 0 saturated carbocycles. The summed E-state index contributed by atoms with van der Waals surface area (Å²) in [5.41, 5.74) is 5.97. The van der Waals surface area contributed by atoms with Crippen molar-refractivity contribution >= 4 is 5.69 Å². The number of rotatable bonds is 7. The number of hydrogen-bond acceptors (Lipinski definition) is 3. The van der Waals surface area contributed by atoms with E-state index >= 15 is 0 Å². The number of hydrogen-bond donors (Lipinski definition) is 1. The van der Waals surface area contributed by atoms with Gasteiger partial charge in [-0.25, -0.2) is 8.78 Å². The van der Waals surface area contributed by atoms with E-state index in [1.54, 1.807) is 12.0 Å². The van der Waals surface area contributed by atoms with Crippen molar-refractivity contribution in [1.29, 1.82) is 0 Å². The summed E-state index contributed by atoms with van der Waals surface area (Å²) in [6.07, 6.45) is 0.471. The molecule has 0 saturated heterocycles. The summed E-state index contributed by atoms with van der Waals surface area (Å²) in [7, 11) is 1.56. The van der Waals surface area contributed by atoms with Crippen LogP contribution in [-0.4, -0.2) is 33.4 Å². The van der Waals surface area contributed by atoms with Crippen LogP contribution < -0.4 is 10.6 Å². The molecule has 0 spiro atoms. The van der Waals surface area contributed by atoms with Crippen LogP contribution in [0.25, 0.3) is 0 Å². The van der Waals surface area contributed by atoms with Crippen molar-refractivity contribution in [2.75, 3.05) is 38.3 Å². The van der Waals surface area contributed by atoms with E-state index in [4.69, 9.17) is 10.5 Å². The number of methoxy groups -OCH3 is 1. The molecule has 0 fully saturated rings. The number of benzene rings is 1. The second-order valence-electron chi connectivity index (χ2n) is 4.02. The summed E-state index contributed by atoms with van der Waals surface area (Å²) in [5.74, 6) is -1.09. The van der Waals surface area contributed by atoms with E-state index in [0.717, 1.165) is 0 Å². The van der Waals surface area contributed by atoms with Crippen molar-refractivity contribution < 1.29 is 13.5 Å². The number of nitrogens with two attached hydrogens (primary N) is 1. The average Bonchev–Trinajstić information content (AvgIpc) is 2.33. The van der Waals surface area contributed by atoms with Gasteiger partial charge < -0.3 is 15.4 Å². The van der Waals surface area contributed by atoms with E-state index in [2.05, 4.69) is 0 Å². The molecule has 0 bridgehead atoms. The zero-order valence-electron chi connectivity index (χ0n) is 10.9. The Morgan fingerprint density at radius 1 is 1.28 bits per heavy atom. The molecular weight excluding hydrogens is 238 g/mol. The number of ether oxygens (including phenoxy) is 1. The second kappa shape index (κ2) is 7.28. The fraction of sp³-hybridized carbons (Fsp3) is 0.538. The normalized spacial score (nSPS) is 10.7. The average molecular weight is 258 g/mol. The van der Waals surface area contributed by atoms with E-state index in [1.165, 1.54) is 12.1 Å². The minimum Gasteiger partial charge on any atom is -0.383 e. The van der Waals surface area contributed by atoms with Crippen molar-refractivity contribution in [2.24, 2.45) is 5.73 Å². The lowest BCUT2D eigenvalue weighted by molar-refractivity contribution is 0.205. The Morgan fingerprint density at radius 3 is 2.33 bits per heavy atom. The number of likely N-dealkylation sites (N-methyl/N-ethyl adjacent to an activating group) is 1. The van der Waals surface area contributed by atoms with Crippen LogP contribution in [0.2, 0.25) is 0 Å². The predicted octanol–water partition coefficient (Wildman–Crippen LogP) is 1.94. The lowest BCUT2D eigenvalue weighted by atomic mass is 10.1. The van der Waals surface area contributed by atoms with Crippen LogP contribution in [0.15, 0.2) is 12.1 Å². The van der Waals surface area contributed by atoms with Crippen LogP contribution >= 0.6 is 0 Å². The largest absolute Gasteiger partial charge is 0.383 e.